The van der Waals surface area contributed by atoms with Crippen molar-refractivity contribution in [1.29, 1.82) is 0 Å². The summed E-state index contributed by atoms with van der Waals surface area (Å²) in [7, 11) is 0. The molecule has 24 heteroatoms. The Morgan fingerprint density at radius 1 is 0.530 bits per heavy atom. The quantitative estimate of drug-likeness (QED) is 0.0697. The number of nitrogens with one attached hydrogen (secondary N) is 2. The highest BCUT2D eigenvalue weighted by Gasteiger charge is 2.54. The van der Waals surface area contributed by atoms with Gasteiger partial charge < -0.3 is 66.8 Å². The van der Waals surface area contributed by atoms with Gasteiger partial charge in [-0.05, 0) is 99.1 Å². The number of rotatable bonds is 19. The van der Waals surface area contributed by atoms with Crippen LogP contribution in [0.15, 0.2) is 24.3 Å². The van der Waals surface area contributed by atoms with Gasteiger partial charge in [0.1, 0.15) is 25.4 Å². The molecule has 8 bridgehead atoms. The third kappa shape index (κ3) is 15.2. The van der Waals surface area contributed by atoms with Crippen molar-refractivity contribution in [3.8, 4) is 0 Å². The van der Waals surface area contributed by atoms with Gasteiger partial charge in [-0.3, -0.25) is 43.3 Å². The monoisotopic (exact) mass is 1160 g/mol. The Labute approximate surface area is 479 Å². The number of hydrogen-bond acceptors (Lipinski definition) is 22. The third-order valence-corrected chi connectivity index (χ3v) is 14.8. The van der Waals surface area contributed by atoms with Crippen LogP contribution in [0.25, 0.3) is 33.2 Å². The van der Waals surface area contributed by atoms with Crippen LogP contribution in [-0.2, 0) is 102 Å². The summed E-state index contributed by atoms with van der Waals surface area (Å²) in [5, 5.41) is 0. The molecule has 450 valence electrons. The molecule has 83 heavy (non-hydrogen) atoms. The maximum Gasteiger partial charge on any atom is 0.303 e. The van der Waals surface area contributed by atoms with Gasteiger partial charge in [0.2, 0.25) is 0 Å². The Hall–Kier alpha value is -7.54. The van der Waals surface area contributed by atoms with E-state index in [2.05, 4.69) is 29.9 Å². The predicted octanol–water partition coefficient (Wildman–Crippen LogP) is 6.95. The van der Waals surface area contributed by atoms with E-state index in [1.54, 1.807) is 0 Å². The summed E-state index contributed by atoms with van der Waals surface area (Å²) in [5.74, 6) is -6.28. The van der Waals surface area contributed by atoms with Gasteiger partial charge in [0.25, 0.3) is 0 Å². The van der Waals surface area contributed by atoms with Gasteiger partial charge in [-0.2, -0.15) is 0 Å². The number of esters is 8. The van der Waals surface area contributed by atoms with E-state index in [-0.39, 0.29) is 25.0 Å². The lowest BCUT2D eigenvalue weighted by Crippen LogP contribution is -2.63. The second-order valence-electron chi connectivity index (χ2n) is 21.0. The van der Waals surface area contributed by atoms with E-state index >= 15 is 0 Å². The van der Waals surface area contributed by atoms with Crippen molar-refractivity contribution in [2.24, 2.45) is 0 Å². The summed E-state index contributed by atoms with van der Waals surface area (Å²) in [5.41, 5.74) is 11.4. The number of allylic oxidation sites excluding steroid dienone is 2. The number of fused-ring (bicyclic) bond motifs is 8. The van der Waals surface area contributed by atoms with Crippen molar-refractivity contribution in [2.45, 2.75) is 196 Å². The number of carbonyl (C=O) groups excluding carboxylic acids is 8. The number of aryl methyl sites for hydroxylation is 3. The normalized spacial score (nSPS) is 24.9. The Balaban J connectivity index is 1.29. The molecule has 4 aliphatic heterocycles. The molecule has 0 spiro atoms. The van der Waals surface area contributed by atoms with Gasteiger partial charge in [0, 0.05) is 113 Å². The van der Waals surface area contributed by atoms with Crippen molar-refractivity contribution in [1.82, 2.24) is 19.9 Å². The summed E-state index contributed by atoms with van der Waals surface area (Å²) >= 11 is 0. The predicted molar refractivity (Wildman–Crippen MR) is 293 cm³/mol. The number of hydrogen-bond donors (Lipinski definition) is 2. The van der Waals surface area contributed by atoms with Crippen molar-refractivity contribution < 1.29 is 95.2 Å². The standard InChI is InChI=1S/C59H74N4O20/c1-15-39-27(3)45-22-48-41(23-75-59-57(81-38(14)71)55(79-36(12)69)53(77-34(10)67)50(83-59)25-74-32(8)65)29(5)44(62-48)21-46-28(4)40(51(63-46)30(6)43-19-26(2)42(60-43)20-47(39)61-45)17-16-18-72-58-56(80-37(13)70)54(78-35(11)68)52(76-33(9)66)49(82-58)24-73-31(7)64/h19-22,28,40,49-50,52-60,62H,15-18,23-25H2,1-14H3/t28-,40-,49+,50+,52+,53+,54-,55-,56+,57+,58+,59+/m0/s1. The molecule has 2 fully saturated rings. The number of H-pyrrole nitrogens is 2. The Morgan fingerprint density at radius 2 is 1.00 bits per heavy atom. The van der Waals surface area contributed by atoms with E-state index in [0.29, 0.717) is 41.6 Å². The average molecular weight is 1160 g/mol. The van der Waals surface area contributed by atoms with Crippen molar-refractivity contribution in [2.75, 3.05) is 19.8 Å². The summed E-state index contributed by atoms with van der Waals surface area (Å²) in [6.07, 6.45) is -12.0. The lowest BCUT2D eigenvalue weighted by Gasteiger charge is -2.44. The fourth-order valence-electron chi connectivity index (χ4n) is 10.9. The number of carbonyl (C=O) groups is 8. The third-order valence-electron chi connectivity index (χ3n) is 14.8. The molecule has 24 nitrogen and oxygen atoms in total. The molecule has 3 aromatic heterocycles. The molecular weight excluding hydrogens is 1080 g/mol. The van der Waals surface area contributed by atoms with Gasteiger partial charge in [-0.15, -0.1) is 0 Å². The van der Waals surface area contributed by atoms with Gasteiger partial charge in [0.15, 0.2) is 49.2 Å². The first kappa shape index (κ1) is 63.0. The van der Waals surface area contributed by atoms with Crippen LogP contribution in [0.1, 0.15) is 152 Å². The van der Waals surface area contributed by atoms with Crippen LogP contribution in [-0.4, -0.2) is 149 Å². The molecule has 12 atom stereocenters. The van der Waals surface area contributed by atoms with Gasteiger partial charge >= 0.3 is 47.8 Å². The first-order valence-corrected chi connectivity index (χ1v) is 27.5. The van der Waals surface area contributed by atoms with E-state index in [9.17, 15) is 38.4 Å². The van der Waals surface area contributed by atoms with Crippen LogP contribution in [0.2, 0.25) is 0 Å². The molecule has 7 rings (SSSR count). The minimum Gasteiger partial charge on any atom is -0.463 e. The van der Waals surface area contributed by atoms with Crippen LogP contribution < -0.4 is 0 Å². The number of aromatic nitrogens is 4. The maximum absolute atomic E-state index is 12.7. The molecular formula is C59H74N4O20. The van der Waals surface area contributed by atoms with Crippen LogP contribution in [0, 0.1) is 20.8 Å². The van der Waals surface area contributed by atoms with Crippen LogP contribution >= 0.6 is 0 Å². The van der Waals surface area contributed by atoms with E-state index < -0.39 is 122 Å². The molecule has 2 N–H and O–H groups in total. The Bertz CT molecular complexity index is 3200. The highest BCUT2D eigenvalue weighted by molar-refractivity contribution is 5.93. The highest BCUT2D eigenvalue weighted by atomic mass is 16.7. The summed E-state index contributed by atoms with van der Waals surface area (Å²) in [6, 6.07) is 8.04. The fraction of sp³-hybridized carbons (Fsp3) is 0.559. The van der Waals surface area contributed by atoms with Crippen LogP contribution in [0.3, 0.4) is 0 Å². The Morgan fingerprint density at radius 3 is 1.51 bits per heavy atom. The fourth-order valence-corrected chi connectivity index (χ4v) is 10.9. The SMILES string of the molecule is CCC1=C(C)c2cc3[nH]c(cc4nc(c(C)c5cc(C)c(cc1n2)[nH]5)[C@@H](CCCO[C@@H]1O[C@H](COC(C)=O)[C@@H](OC(C)=O)[C@H](OC(C)=O)[C@H]1OC(C)=O)[C@@H]4C)c(C)c3CO[C@@H]1O[C@H](COC(C)=O)[C@@H](OC(C)=O)[C@H](OC(C)=O)[C@H]1OC(C)=O. The first-order chi connectivity index (χ1) is 39.2. The topological polar surface area (TPSA) is 305 Å². The first-order valence-electron chi connectivity index (χ1n) is 27.5. The zero-order valence-electron chi connectivity index (χ0n) is 49.2. The zero-order valence-corrected chi connectivity index (χ0v) is 49.2. The van der Waals surface area contributed by atoms with Crippen LogP contribution in [0.4, 0.5) is 0 Å². The number of aromatic amines is 2. The second-order valence-corrected chi connectivity index (χ2v) is 21.0. The summed E-state index contributed by atoms with van der Waals surface area (Å²) < 4.78 is 69.7. The summed E-state index contributed by atoms with van der Waals surface area (Å²) in [6.45, 7) is 20.4. The van der Waals surface area contributed by atoms with Crippen molar-refractivity contribution in [3.05, 3.63) is 69.3 Å². The number of ether oxygens (including phenoxy) is 12. The molecule has 0 aromatic carbocycles. The molecule has 2 saturated heterocycles. The Kier molecular flexibility index (Phi) is 20.7. The second kappa shape index (κ2) is 27.2. The van der Waals surface area contributed by atoms with Gasteiger partial charge in [-0.1, -0.05) is 13.8 Å². The number of nitrogens with zero attached hydrogens (tertiary/aromatic N) is 2. The molecule has 3 aromatic rings. The molecule has 0 radical (unpaired) electrons. The van der Waals surface area contributed by atoms with Crippen LogP contribution in [0.5, 0.6) is 0 Å². The summed E-state index contributed by atoms with van der Waals surface area (Å²) in [4.78, 5) is 117. The van der Waals surface area contributed by atoms with Gasteiger partial charge in [0.05, 0.1) is 18.0 Å². The molecule has 0 amide bonds. The zero-order chi connectivity index (χ0) is 60.7. The molecule has 4 aliphatic rings. The van der Waals surface area contributed by atoms with Gasteiger partial charge in [-0.25, -0.2) is 4.98 Å². The maximum atomic E-state index is 12.7. The van der Waals surface area contributed by atoms with Crippen molar-refractivity contribution in [3.63, 3.8) is 0 Å². The van der Waals surface area contributed by atoms with E-state index in [0.717, 1.165) is 97.5 Å². The smallest absolute Gasteiger partial charge is 0.303 e. The largest absolute Gasteiger partial charge is 0.463 e. The average Bonchev–Trinajstić information content (AvgIpc) is 3.52. The molecule has 0 saturated carbocycles. The van der Waals surface area contributed by atoms with E-state index in [1.807, 2.05) is 45.9 Å². The lowest BCUT2D eigenvalue weighted by molar-refractivity contribution is -0.310. The minimum atomic E-state index is -1.46. The van der Waals surface area contributed by atoms with E-state index in [4.69, 9.17) is 66.8 Å². The minimum absolute atomic E-state index is 0.0362. The highest BCUT2D eigenvalue weighted by Crippen LogP contribution is 2.43. The lowest BCUT2D eigenvalue weighted by atomic mass is 9.86. The molecule has 0 aliphatic carbocycles. The molecule has 0 unspecified atom stereocenters. The van der Waals surface area contributed by atoms with Crippen molar-refractivity contribution >= 4 is 81.0 Å². The van der Waals surface area contributed by atoms with E-state index in [1.165, 1.54) is 13.8 Å². The molecule has 7 heterocycles.